The Balaban J connectivity index is 2.56. The standard InChI is InChI=1S/C16H17ClO3/c1-16(18,14-6-4-5-7-15(14)17)11-8-12(19-2)10-13(9-11)20-3/h4-10,18H,1-3H3. The third kappa shape index (κ3) is 2.74. The van der Waals surface area contributed by atoms with Crippen molar-refractivity contribution in [2.45, 2.75) is 12.5 Å². The first kappa shape index (κ1) is 14.7. The lowest BCUT2D eigenvalue weighted by Gasteiger charge is -2.26. The van der Waals surface area contributed by atoms with Crippen LogP contribution in [0, 0.1) is 0 Å². The van der Waals surface area contributed by atoms with Gasteiger partial charge in [-0.05, 0) is 30.7 Å². The van der Waals surface area contributed by atoms with E-state index >= 15 is 0 Å². The van der Waals surface area contributed by atoms with E-state index in [0.29, 0.717) is 27.6 Å². The summed E-state index contributed by atoms with van der Waals surface area (Å²) in [4.78, 5) is 0. The highest BCUT2D eigenvalue weighted by molar-refractivity contribution is 6.31. The highest BCUT2D eigenvalue weighted by atomic mass is 35.5. The Labute approximate surface area is 123 Å². The molecule has 1 N–H and O–H groups in total. The fourth-order valence-corrected chi connectivity index (χ4v) is 2.42. The molecule has 106 valence electrons. The van der Waals surface area contributed by atoms with Gasteiger partial charge >= 0.3 is 0 Å². The molecule has 0 aliphatic heterocycles. The molecule has 0 fully saturated rings. The topological polar surface area (TPSA) is 38.7 Å². The van der Waals surface area contributed by atoms with Gasteiger partial charge in [0.25, 0.3) is 0 Å². The zero-order valence-corrected chi connectivity index (χ0v) is 12.4. The molecule has 2 aromatic rings. The molecule has 4 heteroatoms. The van der Waals surface area contributed by atoms with Crippen LogP contribution in [-0.4, -0.2) is 19.3 Å². The highest BCUT2D eigenvalue weighted by Crippen LogP contribution is 2.37. The number of hydrogen-bond acceptors (Lipinski definition) is 3. The number of hydrogen-bond donors (Lipinski definition) is 1. The first-order valence-corrected chi connectivity index (χ1v) is 6.57. The summed E-state index contributed by atoms with van der Waals surface area (Å²) in [5.74, 6) is 1.23. The summed E-state index contributed by atoms with van der Waals surface area (Å²) in [6, 6.07) is 12.5. The maximum absolute atomic E-state index is 10.9. The molecular weight excluding hydrogens is 276 g/mol. The summed E-state index contributed by atoms with van der Waals surface area (Å²) in [5, 5.41) is 11.4. The lowest BCUT2D eigenvalue weighted by atomic mass is 9.88. The summed E-state index contributed by atoms with van der Waals surface area (Å²) in [6.07, 6.45) is 0. The van der Waals surface area contributed by atoms with Gasteiger partial charge in [-0.1, -0.05) is 29.8 Å². The lowest BCUT2D eigenvalue weighted by molar-refractivity contribution is 0.102. The van der Waals surface area contributed by atoms with Gasteiger partial charge in [-0.15, -0.1) is 0 Å². The number of aliphatic hydroxyl groups is 1. The number of halogens is 1. The van der Waals surface area contributed by atoms with Crippen LogP contribution in [0.3, 0.4) is 0 Å². The Morgan fingerprint density at radius 3 is 2.05 bits per heavy atom. The first-order chi connectivity index (χ1) is 9.48. The number of methoxy groups -OCH3 is 2. The van der Waals surface area contributed by atoms with Crippen molar-refractivity contribution >= 4 is 11.6 Å². The maximum Gasteiger partial charge on any atom is 0.122 e. The van der Waals surface area contributed by atoms with Crippen molar-refractivity contribution in [2.24, 2.45) is 0 Å². The summed E-state index contributed by atoms with van der Waals surface area (Å²) in [7, 11) is 3.14. The van der Waals surface area contributed by atoms with Crippen molar-refractivity contribution < 1.29 is 14.6 Å². The average molecular weight is 293 g/mol. The van der Waals surface area contributed by atoms with E-state index in [-0.39, 0.29) is 0 Å². The van der Waals surface area contributed by atoms with E-state index in [1.807, 2.05) is 12.1 Å². The van der Waals surface area contributed by atoms with E-state index in [1.54, 1.807) is 51.5 Å². The van der Waals surface area contributed by atoms with Crippen molar-refractivity contribution in [3.05, 3.63) is 58.6 Å². The van der Waals surface area contributed by atoms with Crippen molar-refractivity contribution in [1.29, 1.82) is 0 Å². The van der Waals surface area contributed by atoms with Gasteiger partial charge < -0.3 is 14.6 Å². The fraction of sp³-hybridized carbons (Fsp3) is 0.250. The molecule has 0 aliphatic rings. The van der Waals surface area contributed by atoms with Crippen molar-refractivity contribution in [1.82, 2.24) is 0 Å². The quantitative estimate of drug-likeness (QED) is 0.935. The molecule has 0 bridgehead atoms. The van der Waals surface area contributed by atoms with Gasteiger partial charge in [-0.25, -0.2) is 0 Å². The Bertz CT molecular complexity index is 586. The molecule has 0 aliphatic carbocycles. The fourth-order valence-electron chi connectivity index (χ4n) is 2.10. The van der Waals surface area contributed by atoms with Crippen molar-refractivity contribution in [3.8, 4) is 11.5 Å². The van der Waals surface area contributed by atoms with E-state index in [0.717, 1.165) is 0 Å². The largest absolute Gasteiger partial charge is 0.497 e. The molecule has 0 spiro atoms. The van der Waals surface area contributed by atoms with Crippen LogP contribution in [0.15, 0.2) is 42.5 Å². The summed E-state index contributed by atoms with van der Waals surface area (Å²) in [6.45, 7) is 1.70. The van der Waals surface area contributed by atoms with Crippen LogP contribution >= 0.6 is 11.6 Å². The number of ether oxygens (including phenoxy) is 2. The van der Waals surface area contributed by atoms with Gasteiger partial charge in [-0.2, -0.15) is 0 Å². The van der Waals surface area contributed by atoms with E-state index in [4.69, 9.17) is 21.1 Å². The Morgan fingerprint density at radius 1 is 1.00 bits per heavy atom. The van der Waals surface area contributed by atoms with Crippen LogP contribution in [0.4, 0.5) is 0 Å². The maximum atomic E-state index is 10.9. The second-order valence-corrected chi connectivity index (χ2v) is 5.06. The Kier molecular flexibility index (Phi) is 4.21. The SMILES string of the molecule is COc1cc(OC)cc(C(C)(O)c2ccccc2Cl)c1. The third-order valence-corrected chi connectivity index (χ3v) is 3.64. The molecule has 2 rings (SSSR count). The number of benzene rings is 2. The molecule has 0 saturated heterocycles. The summed E-state index contributed by atoms with van der Waals surface area (Å²) < 4.78 is 10.5. The van der Waals surface area contributed by atoms with Gasteiger partial charge in [0.15, 0.2) is 0 Å². The van der Waals surface area contributed by atoms with Crippen LogP contribution in [0.2, 0.25) is 5.02 Å². The predicted octanol–water partition coefficient (Wildman–Crippen LogP) is 3.61. The zero-order valence-electron chi connectivity index (χ0n) is 11.7. The second-order valence-electron chi connectivity index (χ2n) is 4.65. The molecule has 1 atom stereocenters. The highest BCUT2D eigenvalue weighted by Gasteiger charge is 2.29. The van der Waals surface area contributed by atoms with Gasteiger partial charge in [-0.3, -0.25) is 0 Å². The van der Waals surface area contributed by atoms with Gasteiger partial charge in [0.1, 0.15) is 17.1 Å². The first-order valence-electron chi connectivity index (χ1n) is 6.20. The summed E-state index contributed by atoms with van der Waals surface area (Å²) >= 11 is 6.18. The summed E-state index contributed by atoms with van der Waals surface area (Å²) in [5.41, 5.74) is 0.0546. The molecule has 2 aromatic carbocycles. The Morgan fingerprint density at radius 2 is 1.55 bits per heavy atom. The van der Waals surface area contributed by atoms with Gasteiger partial charge in [0, 0.05) is 16.7 Å². The minimum atomic E-state index is -1.24. The smallest absolute Gasteiger partial charge is 0.122 e. The van der Waals surface area contributed by atoms with Gasteiger partial charge in [0.2, 0.25) is 0 Å². The molecule has 3 nitrogen and oxygen atoms in total. The van der Waals surface area contributed by atoms with Crippen LogP contribution in [0.1, 0.15) is 18.1 Å². The molecule has 0 aromatic heterocycles. The average Bonchev–Trinajstić information content (AvgIpc) is 2.46. The van der Waals surface area contributed by atoms with Crippen molar-refractivity contribution in [3.63, 3.8) is 0 Å². The molecule has 1 unspecified atom stereocenters. The second kappa shape index (κ2) is 5.73. The zero-order chi connectivity index (χ0) is 14.8. The molecule has 0 heterocycles. The predicted molar refractivity (Wildman–Crippen MR) is 79.7 cm³/mol. The minimum Gasteiger partial charge on any atom is -0.497 e. The van der Waals surface area contributed by atoms with E-state index < -0.39 is 5.60 Å². The van der Waals surface area contributed by atoms with E-state index in [2.05, 4.69) is 0 Å². The normalized spacial score (nSPS) is 13.7. The van der Waals surface area contributed by atoms with Crippen LogP contribution in [0.5, 0.6) is 11.5 Å². The lowest BCUT2D eigenvalue weighted by Crippen LogP contribution is -2.23. The molecular formula is C16H17ClO3. The number of rotatable bonds is 4. The van der Waals surface area contributed by atoms with Crippen LogP contribution in [-0.2, 0) is 5.60 Å². The van der Waals surface area contributed by atoms with Crippen LogP contribution < -0.4 is 9.47 Å². The Hall–Kier alpha value is -1.71. The monoisotopic (exact) mass is 292 g/mol. The molecule has 20 heavy (non-hydrogen) atoms. The molecule has 0 amide bonds. The van der Waals surface area contributed by atoms with Crippen molar-refractivity contribution in [2.75, 3.05) is 14.2 Å². The molecule has 0 radical (unpaired) electrons. The van der Waals surface area contributed by atoms with E-state index in [9.17, 15) is 5.11 Å². The van der Waals surface area contributed by atoms with Gasteiger partial charge in [0.05, 0.1) is 14.2 Å². The van der Waals surface area contributed by atoms with Crippen LogP contribution in [0.25, 0.3) is 0 Å². The van der Waals surface area contributed by atoms with E-state index in [1.165, 1.54) is 0 Å². The molecule has 0 saturated carbocycles. The third-order valence-electron chi connectivity index (χ3n) is 3.31. The minimum absolute atomic E-state index is 0.513.